The Morgan fingerprint density at radius 3 is 2.48 bits per heavy atom. The second-order valence-corrected chi connectivity index (χ2v) is 15.8. The lowest BCUT2D eigenvalue weighted by Gasteiger charge is -2.62. The molecule has 7 rings (SSSR count). The van der Waals surface area contributed by atoms with Gasteiger partial charge in [0.2, 0.25) is 5.91 Å². The summed E-state index contributed by atoms with van der Waals surface area (Å²) in [5, 5.41) is 18.5. The van der Waals surface area contributed by atoms with E-state index in [1.165, 1.54) is 18.6 Å². The average Bonchev–Trinajstić information content (AvgIpc) is 3.49. The fourth-order valence-electron chi connectivity index (χ4n) is 9.03. The number of aliphatic hydroxyl groups excluding tert-OH is 1. The minimum Gasteiger partial charge on any atom is -0.496 e. The van der Waals surface area contributed by atoms with Gasteiger partial charge in [0.05, 0.1) is 20.3 Å². The van der Waals surface area contributed by atoms with Crippen molar-refractivity contribution in [2.75, 3.05) is 39.3 Å². The lowest BCUT2D eigenvalue weighted by Crippen LogP contribution is -2.62. The number of aliphatic hydroxyl groups is 1. The van der Waals surface area contributed by atoms with Gasteiger partial charge in [0, 0.05) is 55.0 Å². The number of methoxy groups -OCH3 is 1. The Labute approximate surface area is 307 Å². The molecule has 3 saturated carbocycles. The summed E-state index contributed by atoms with van der Waals surface area (Å²) < 4.78 is 19.4. The number of ether oxygens (including phenoxy) is 1. The molecular formula is C42H55FN4O5. The van der Waals surface area contributed by atoms with Crippen molar-refractivity contribution in [1.29, 1.82) is 0 Å². The van der Waals surface area contributed by atoms with E-state index < -0.39 is 12.1 Å². The number of hydrogen-bond acceptors (Lipinski definition) is 7. The third-order valence-corrected chi connectivity index (χ3v) is 12.3. The maximum Gasteiger partial charge on any atom is 0.251 e. The molecule has 280 valence electrons. The Balaban J connectivity index is 1.24. The van der Waals surface area contributed by atoms with E-state index in [9.17, 15) is 19.1 Å². The van der Waals surface area contributed by atoms with Crippen LogP contribution in [0, 0.1) is 34.9 Å². The van der Waals surface area contributed by atoms with Crippen molar-refractivity contribution in [1.82, 2.24) is 15.7 Å². The Morgan fingerprint density at radius 2 is 1.85 bits per heavy atom. The second kappa shape index (κ2) is 15.5. The number of anilines is 1. The zero-order valence-electron chi connectivity index (χ0n) is 31.6. The highest BCUT2D eigenvalue weighted by atomic mass is 19.1. The molecule has 2 bridgehead atoms. The Bertz CT molecular complexity index is 1750. The largest absolute Gasteiger partial charge is 0.496 e. The van der Waals surface area contributed by atoms with Crippen LogP contribution in [0.15, 0.2) is 60.7 Å². The van der Waals surface area contributed by atoms with Crippen LogP contribution in [-0.4, -0.2) is 74.5 Å². The molecule has 1 saturated heterocycles. The highest BCUT2D eigenvalue weighted by Gasteiger charge is 2.57. The van der Waals surface area contributed by atoms with Crippen LogP contribution in [0.5, 0.6) is 5.75 Å². The number of nitrogens with zero attached hydrogens (tertiary/aromatic N) is 2. The summed E-state index contributed by atoms with van der Waals surface area (Å²) in [5.74, 6) is 1.50. The topological polar surface area (TPSA) is 103 Å². The molecule has 1 aliphatic heterocycles. The summed E-state index contributed by atoms with van der Waals surface area (Å²) in [7, 11) is 5.48. The van der Waals surface area contributed by atoms with E-state index in [0.29, 0.717) is 53.9 Å². The van der Waals surface area contributed by atoms with Crippen LogP contribution < -0.4 is 20.3 Å². The number of nitrogens with one attached hydrogen (secondary N) is 2. The van der Waals surface area contributed by atoms with Crippen molar-refractivity contribution in [3.8, 4) is 16.9 Å². The molecule has 10 heteroatoms. The van der Waals surface area contributed by atoms with Gasteiger partial charge < -0.3 is 25.4 Å². The van der Waals surface area contributed by atoms with E-state index in [0.717, 1.165) is 34.4 Å². The van der Waals surface area contributed by atoms with Crippen LogP contribution >= 0.6 is 0 Å². The number of para-hydroxylation sites is 1. The number of carbonyl (C=O) groups excluding carboxylic acids is 2. The number of hydroxylamine groups is 2. The molecule has 2 amide bonds. The molecule has 3 N–H and O–H groups in total. The molecule has 3 aliphatic carbocycles. The monoisotopic (exact) mass is 714 g/mol. The number of benzene rings is 3. The third kappa shape index (κ3) is 7.43. The molecule has 3 aromatic carbocycles. The number of amides is 2. The summed E-state index contributed by atoms with van der Waals surface area (Å²) in [6.45, 7) is 9.52. The van der Waals surface area contributed by atoms with Crippen molar-refractivity contribution < 1.29 is 28.7 Å². The first-order valence-electron chi connectivity index (χ1n) is 18.7. The van der Waals surface area contributed by atoms with Gasteiger partial charge in [-0.15, -0.1) is 0 Å². The second-order valence-electron chi connectivity index (χ2n) is 15.8. The SMILES string of the molecule is CC[C@@H]1[C@H](CO)ON(Cc2cccc(-c3cc(C(=O)NCCc4ccc(F)cc4)cc(N(C)C)c3)c2OC)[C@@H]1C(=O)N[C@H]1C[C@H]2C[C@@H]([C@@H]1C)C2(C)C. The molecule has 4 fully saturated rings. The molecule has 4 aliphatic rings. The van der Waals surface area contributed by atoms with Crippen molar-refractivity contribution in [3.05, 3.63) is 83.2 Å². The van der Waals surface area contributed by atoms with Gasteiger partial charge in [-0.25, -0.2) is 4.39 Å². The van der Waals surface area contributed by atoms with Gasteiger partial charge >= 0.3 is 0 Å². The molecule has 52 heavy (non-hydrogen) atoms. The Kier molecular flexibility index (Phi) is 11.3. The van der Waals surface area contributed by atoms with Gasteiger partial charge in [0.15, 0.2) is 0 Å². The van der Waals surface area contributed by atoms with E-state index in [-0.39, 0.29) is 42.7 Å². The maximum absolute atomic E-state index is 14.2. The maximum atomic E-state index is 14.2. The average molecular weight is 715 g/mol. The van der Waals surface area contributed by atoms with E-state index in [1.54, 1.807) is 24.3 Å². The van der Waals surface area contributed by atoms with Crippen LogP contribution in [0.2, 0.25) is 0 Å². The number of carbonyl (C=O) groups is 2. The smallest absolute Gasteiger partial charge is 0.251 e. The summed E-state index contributed by atoms with van der Waals surface area (Å²) >= 11 is 0. The molecule has 9 nitrogen and oxygen atoms in total. The van der Waals surface area contributed by atoms with E-state index in [4.69, 9.17) is 9.57 Å². The predicted octanol–water partition coefficient (Wildman–Crippen LogP) is 6.23. The normalized spacial score (nSPS) is 26.4. The Hall–Kier alpha value is -3.99. The standard InChI is InChI=1S/C42H55FN4O5/c1-8-33-37(24-48)52-47(38(33)41(50)45-36-22-30-21-35(25(36)2)42(30,3)4)23-27-10-9-11-34(39(27)51-7)28-18-29(20-32(19-28)46(5)6)40(49)44-17-16-26-12-14-31(43)15-13-26/h9-15,18-20,25,30,33,35-38,48H,8,16-17,21-24H2,1-7H3,(H,44,49)(H,45,50)/t25-,30+,33+,35-,36-,37-,38-/m0/s1. The zero-order chi connectivity index (χ0) is 37.3. The fourth-order valence-corrected chi connectivity index (χ4v) is 9.03. The summed E-state index contributed by atoms with van der Waals surface area (Å²) in [5.41, 5.74) is 5.03. The van der Waals surface area contributed by atoms with Crippen LogP contribution in [0.3, 0.4) is 0 Å². The van der Waals surface area contributed by atoms with Gasteiger partial charge in [0.1, 0.15) is 23.7 Å². The highest BCUT2D eigenvalue weighted by Crippen LogP contribution is 2.61. The van der Waals surface area contributed by atoms with Gasteiger partial charge in [-0.05, 0) is 90.3 Å². The molecular weight excluding hydrogens is 659 g/mol. The number of halogens is 1. The van der Waals surface area contributed by atoms with Crippen molar-refractivity contribution in [2.45, 2.75) is 78.1 Å². The lowest BCUT2D eigenvalue weighted by atomic mass is 9.45. The molecule has 1 heterocycles. The number of rotatable bonds is 13. The van der Waals surface area contributed by atoms with E-state index in [1.807, 2.05) is 62.3 Å². The van der Waals surface area contributed by atoms with E-state index >= 15 is 0 Å². The number of hydrogen-bond donors (Lipinski definition) is 3. The molecule has 0 unspecified atom stereocenters. The molecule has 3 aromatic rings. The van der Waals surface area contributed by atoms with Crippen molar-refractivity contribution in [3.63, 3.8) is 0 Å². The van der Waals surface area contributed by atoms with E-state index in [2.05, 4.69) is 31.4 Å². The van der Waals surface area contributed by atoms with Crippen LogP contribution in [0.1, 0.15) is 68.4 Å². The minimum absolute atomic E-state index is 0.0531. The first-order chi connectivity index (χ1) is 24.9. The first-order valence-corrected chi connectivity index (χ1v) is 18.7. The molecule has 0 spiro atoms. The van der Waals surface area contributed by atoms with Crippen molar-refractivity contribution in [2.24, 2.45) is 29.1 Å². The summed E-state index contributed by atoms with van der Waals surface area (Å²) in [6.07, 6.45) is 2.99. The zero-order valence-corrected chi connectivity index (χ0v) is 31.6. The first kappa shape index (κ1) is 37.8. The van der Waals surface area contributed by atoms with Crippen LogP contribution in [0.4, 0.5) is 10.1 Å². The van der Waals surface area contributed by atoms with Crippen molar-refractivity contribution >= 4 is 17.5 Å². The fraction of sp³-hybridized carbons (Fsp3) is 0.524. The van der Waals surface area contributed by atoms with Gasteiger partial charge in [0.25, 0.3) is 5.91 Å². The minimum atomic E-state index is -0.573. The predicted molar refractivity (Wildman–Crippen MR) is 201 cm³/mol. The van der Waals surface area contributed by atoms with Gasteiger partial charge in [-0.2, -0.15) is 5.06 Å². The number of fused-ring (bicyclic) bond motifs is 2. The van der Waals surface area contributed by atoms with Gasteiger partial charge in [-0.1, -0.05) is 58.0 Å². The highest BCUT2D eigenvalue weighted by molar-refractivity contribution is 5.97. The lowest BCUT2D eigenvalue weighted by molar-refractivity contribution is -0.183. The van der Waals surface area contributed by atoms with Crippen LogP contribution in [-0.2, 0) is 22.6 Å². The third-order valence-electron chi connectivity index (χ3n) is 12.3. The molecule has 0 aromatic heterocycles. The summed E-state index contributed by atoms with van der Waals surface area (Å²) in [4.78, 5) is 35.9. The van der Waals surface area contributed by atoms with Gasteiger partial charge in [-0.3, -0.25) is 14.4 Å². The quantitative estimate of drug-likeness (QED) is 0.193. The van der Waals surface area contributed by atoms with Crippen LogP contribution in [0.25, 0.3) is 11.1 Å². The summed E-state index contributed by atoms with van der Waals surface area (Å²) in [6, 6.07) is 17.4. The Morgan fingerprint density at radius 1 is 1.10 bits per heavy atom. The molecule has 7 atom stereocenters. The molecule has 0 radical (unpaired) electrons.